The number of carbonyl (C=O) groups is 1. The van der Waals surface area contributed by atoms with Crippen LogP contribution in [0.15, 0.2) is 30.5 Å². The molecular weight excluding hydrogens is 262 g/mol. The molecule has 0 aliphatic heterocycles. The molecule has 1 N–H and O–H groups in total. The number of benzene rings is 1. The zero-order chi connectivity index (χ0) is 14.0. The maximum Gasteiger partial charge on any atom is 0.248 e. The number of aryl methyl sites for hydroxylation is 1. The van der Waals surface area contributed by atoms with Gasteiger partial charge in [-0.1, -0.05) is 17.7 Å². The van der Waals surface area contributed by atoms with Gasteiger partial charge in [-0.2, -0.15) is 5.10 Å². The quantitative estimate of drug-likeness (QED) is 0.935. The smallest absolute Gasteiger partial charge is 0.248 e. The van der Waals surface area contributed by atoms with Crippen molar-refractivity contribution < 1.29 is 4.79 Å². The molecule has 0 aliphatic carbocycles. The standard InChI is InChI=1S/C14H16ClN3O/c1-9-7-8-16-18(9)11(3)14(19)17-13-6-4-5-12(15)10(13)2/h4-8,11H,1-3H3,(H,17,19). The van der Waals surface area contributed by atoms with E-state index in [1.165, 1.54) is 0 Å². The van der Waals surface area contributed by atoms with Crippen LogP contribution in [-0.2, 0) is 4.79 Å². The summed E-state index contributed by atoms with van der Waals surface area (Å²) in [5.41, 5.74) is 2.54. The van der Waals surface area contributed by atoms with Crippen LogP contribution in [0, 0.1) is 13.8 Å². The van der Waals surface area contributed by atoms with Crippen molar-refractivity contribution in [3.05, 3.63) is 46.7 Å². The third-order valence-electron chi connectivity index (χ3n) is 3.14. The number of hydrogen-bond acceptors (Lipinski definition) is 2. The highest BCUT2D eigenvalue weighted by Crippen LogP contribution is 2.23. The molecule has 2 rings (SSSR count). The SMILES string of the molecule is Cc1c(Cl)cccc1NC(=O)C(C)n1nccc1C. The first-order chi connectivity index (χ1) is 9.00. The summed E-state index contributed by atoms with van der Waals surface area (Å²) >= 11 is 6.03. The second-order valence-electron chi connectivity index (χ2n) is 4.49. The normalized spacial score (nSPS) is 12.2. The molecule has 0 saturated heterocycles. The topological polar surface area (TPSA) is 46.9 Å². The van der Waals surface area contributed by atoms with Crippen LogP contribution in [0.3, 0.4) is 0 Å². The molecule has 0 saturated carbocycles. The first-order valence-electron chi connectivity index (χ1n) is 6.07. The van der Waals surface area contributed by atoms with Crippen molar-refractivity contribution in [3.63, 3.8) is 0 Å². The highest BCUT2D eigenvalue weighted by atomic mass is 35.5. The second kappa shape index (κ2) is 5.45. The van der Waals surface area contributed by atoms with Crippen LogP contribution in [0.4, 0.5) is 5.69 Å². The molecule has 4 nitrogen and oxygen atoms in total. The van der Waals surface area contributed by atoms with Gasteiger partial charge < -0.3 is 5.32 Å². The summed E-state index contributed by atoms with van der Waals surface area (Å²) in [5, 5.41) is 7.67. The third-order valence-corrected chi connectivity index (χ3v) is 3.55. The van der Waals surface area contributed by atoms with Gasteiger partial charge in [-0.05, 0) is 44.5 Å². The molecule has 0 bridgehead atoms. The second-order valence-corrected chi connectivity index (χ2v) is 4.90. The Kier molecular flexibility index (Phi) is 3.90. The molecule has 5 heteroatoms. The average molecular weight is 278 g/mol. The van der Waals surface area contributed by atoms with Gasteiger partial charge in [0.05, 0.1) is 0 Å². The lowest BCUT2D eigenvalue weighted by Gasteiger charge is -2.16. The number of amides is 1. The third kappa shape index (κ3) is 2.79. The Morgan fingerprint density at radius 3 is 2.74 bits per heavy atom. The summed E-state index contributed by atoms with van der Waals surface area (Å²) in [6.07, 6.45) is 1.68. The average Bonchev–Trinajstić information content (AvgIpc) is 2.80. The summed E-state index contributed by atoms with van der Waals surface area (Å²) < 4.78 is 1.69. The lowest BCUT2D eigenvalue weighted by molar-refractivity contribution is -0.119. The van der Waals surface area contributed by atoms with Crippen molar-refractivity contribution >= 4 is 23.2 Å². The molecule has 2 aromatic rings. The number of nitrogens with one attached hydrogen (secondary N) is 1. The fourth-order valence-electron chi connectivity index (χ4n) is 1.88. The van der Waals surface area contributed by atoms with Crippen molar-refractivity contribution in [2.24, 2.45) is 0 Å². The monoisotopic (exact) mass is 277 g/mol. The van der Waals surface area contributed by atoms with E-state index in [1.54, 1.807) is 16.9 Å². The van der Waals surface area contributed by atoms with Crippen LogP contribution < -0.4 is 5.32 Å². The highest BCUT2D eigenvalue weighted by Gasteiger charge is 2.17. The van der Waals surface area contributed by atoms with E-state index in [-0.39, 0.29) is 11.9 Å². The molecule has 0 spiro atoms. The Morgan fingerprint density at radius 1 is 1.37 bits per heavy atom. The number of nitrogens with zero attached hydrogens (tertiary/aromatic N) is 2. The van der Waals surface area contributed by atoms with E-state index in [1.807, 2.05) is 39.0 Å². The fourth-order valence-corrected chi connectivity index (χ4v) is 2.05. The number of hydrogen-bond donors (Lipinski definition) is 1. The van der Waals surface area contributed by atoms with Gasteiger partial charge in [0.2, 0.25) is 5.91 Å². The number of rotatable bonds is 3. The van der Waals surface area contributed by atoms with Crippen molar-refractivity contribution in [3.8, 4) is 0 Å². The summed E-state index contributed by atoms with van der Waals surface area (Å²) in [4.78, 5) is 12.2. The van der Waals surface area contributed by atoms with Crippen molar-refractivity contribution in [1.82, 2.24) is 9.78 Å². The summed E-state index contributed by atoms with van der Waals surface area (Å²) in [6, 6.07) is 6.95. The minimum atomic E-state index is -0.367. The molecule has 0 radical (unpaired) electrons. The van der Waals surface area contributed by atoms with E-state index < -0.39 is 0 Å². The zero-order valence-corrected chi connectivity index (χ0v) is 11.9. The fraction of sp³-hybridized carbons (Fsp3) is 0.286. The first-order valence-corrected chi connectivity index (χ1v) is 6.44. The maximum absolute atomic E-state index is 12.2. The van der Waals surface area contributed by atoms with Crippen molar-refractivity contribution in [2.45, 2.75) is 26.8 Å². The van der Waals surface area contributed by atoms with Crippen LogP contribution >= 0.6 is 11.6 Å². The summed E-state index contributed by atoms with van der Waals surface area (Å²) in [7, 11) is 0. The Bertz CT molecular complexity index is 606. The molecule has 1 atom stereocenters. The minimum absolute atomic E-state index is 0.114. The van der Waals surface area contributed by atoms with E-state index in [9.17, 15) is 4.79 Å². The zero-order valence-electron chi connectivity index (χ0n) is 11.1. The van der Waals surface area contributed by atoms with Crippen LogP contribution in [0.5, 0.6) is 0 Å². The van der Waals surface area contributed by atoms with Crippen molar-refractivity contribution in [1.29, 1.82) is 0 Å². The molecule has 19 heavy (non-hydrogen) atoms. The van der Waals surface area contributed by atoms with Crippen LogP contribution in [0.25, 0.3) is 0 Å². The lowest BCUT2D eigenvalue weighted by atomic mass is 10.2. The predicted molar refractivity (Wildman–Crippen MR) is 76.5 cm³/mol. The van der Waals surface area contributed by atoms with Gasteiger partial charge in [-0.15, -0.1) is 0 Å². The Labute approximate surface area is 117 Å². The molecule has 100 valence electrons. The number of halogens is 1. The van der Waals surface area contributed by atoms with Gasteiger partial charge in [-0.25, -0.2) is 0 Å². The molecular formula is C14H16ClN3O. The van der Waals surface area contributed by atoms with E-state index in [0.29, 0.717) is 5.02 Å². The Hall–Kier alpha value is -1.81. The van der Waals surface area contributed by atoms with Crippen LogP contribution in [-0.4, -0.2) is 15.7 Å². The van der Waals surface area contributed by atoms with Crippen molar-refractivity contribution in [2.75, 3.05) is 5.32 Å². The molecule has 0 aliphatic rings. The molecule has 1 aromatic carbocycles. The van der Waals surface area contributed by atoms with Gasteiger partial charge >= 0.3 is 0 Å². The number of aromatic nitrogens is 2. The predicted octanol–water partition coefficient (Wildman–Crippen LogP) is 3.35. The maximum atomic E-state index is 12.2. The molecule has 1 heterocycles. The number of anilines is 1. The highest BCUT2D eigenvalue weighted by molar-refractivity contribution is 6.31. The van der Waals surface area contributed by atoms with Gasteiger partial charge in [0.1, 0.15) is 6.04 Å². The van der Waals surface area contributed by atoms with Crippen LogP contribution in [0.2, 0.25) is 5.02 Å². The van der Waals surface area contributed by atoms with E-state index >= 15 is 0 Å². The minimum Gasteiger partial charge on any atom is -0.324 e. The van der Waals surface area contributed by atoms with E-state index in [4.69, 9.17) is 11.6 Å². The van der Waals surface area contributed by atoms with E-state index in [0.717, 1.165) is 16.9 Å². The number of carbonyl (C=O) groups excluding carboxylic acids is 1. The van der Waals surface area contributed by atoms with Gasteiger partial charge in [-0.3, -0.25) is 9.48 Å². The molecule has 1 amide bonds. The summed E-state index contributed by atoms with van der Waals surface area (Å²) in [5.74, 6) is -0.114. The largest absolute Gasteiger partial charge is 0.324 e. The summed E-state index contributed by atoms with van der Waals surface area (Å²) in [6.45, 7) is 5.61. The van der Waals surface area contributed by atoms with Gasteiger partial charge in [0.15, 0.2) is 0 Å². The molecule has 1 aromatic heterocycles. The van der Waals surface area contributed by atoms with E-state index in [2.05, 4.69) is 10.4 Å². The molecule has 0 fully saturated rings. The van der Waals surface area contributed by atoms with Crippen LogP contribution in [0.1, 0.15) is 24.2 Å². The van der Waals surface area contributed by atoms with Gasteiger partial charge in [0.25, 0.3) is 0 Å². The Morgan fingerprint density at radius 2 is 2.11 bits per heavy atom. The molecule has 1 unspecified atom stereocenters. The first kappa shape index (κ1) is 13.6. The Balaban J connectivity index is 2.18. The van der Waals surface area contributed by atoms with Gasteiger partial charge in [0, 0.05) is 22.6 Å². The lowest BCUT2D eigenvalue weighted by Crippen LogP contribution is -2.25.